The van der Waals surface area contributed by atoms with Crippen LogP contribution in [-0.2, 0) is 12.8 Å². The zero-order chi connectivity index (χ0) is 26.4. The largest absolute Gasteiger partial charge is 0.490 e. The summed E-state index contributed by atoms with van der Waals surface area (Å²) in [5, 5.41) is 0. The van der Waals surface area contributed by atoms with Crippen LogP contribution in [-0.4, -0.2) is 6.61 Å². The minimum Gasteiger partial charge on any atom is -0.490 e. The fourth-order valence-corrected chi connectivity index (χ4v) is 4.27. The van der Waals surface area contributed by atoms with Crippen molar-refractivity contribution in [2.75, 3.05) is 6.61 Å². The van der Waals surface area contributed by atoms with E-state index in [0.717, 1.165) is 30.4 Å². The highest BCUT2D eigenvalue weighted by Crippen LogP contribution is 2.31. The lowest BCUT2D eigenvalue weighted by Crippen LogP contribution is -2.01. The fraction of sp³-hybridized carbons (Fsp3) is 0.250. The van der Waals surface area contributed by atoms with Crippen LogP contribution in [0.2, 0.25) is 0 Å². The number of ether oxygens (including phenoxy) is 1. The number of hydrogen-bond donors (Lipinski definition) is 0. The Labute approximate surface area is 215 Å². The van der Waals surface area contributed by atoms with Crippen molar-refractivity contribution in [1.82, 2.24) is 0 Å². The Morgan fingerprint density at radius 2 is 1.19 bits per heavy atom. The zero-order valence-electron chi connectivity index (χ0n) is 21.1. The molecule has 0 heterocycles. The van der Waals surface area contributed by atoms with E-state index in [1.807, 2.05) is 19.1 Å². The number of aryl methyl sites for hydroxylation is 3. The summed E-state index contributed by atoms with van der Waals surface area (Å²) in [7, 11) is 0. The van der Waals surface area contributed by atoms with E-state index in [2.05, 4.69) is 6.92 Å². The topological polar surface area (TPSA) is 9.23 Å². The second kappa shape index (κ2) is 12.1. The van der Waals surface area contributed by atoms with Crippen molar-refractivity contribution >= 4 is 0 Å². The molecule has 0 amide bonds. The molecule has 0 saturated heterocycles. The molecular formula is C32H30F4O. The average Bonchev–Trinajstić information content (AvgIpc) is 2.91. The Morgan fingerprint density at radius 1 is 0.595 bits per heavy atom. The van der Waals surface area contributed by atoms with Crippen LogP contribution in [0.15, 0.2) is 72.8 Å². The van der Waals surface area contributed by atoms with Crippen molar-refractivity contribution in [2.24, 2.45) is 0 Å². The highest BCUT2D eigenvalue weighted by molar-refractivity contribution is 5.66. The maximum atomic E-state index is 14.8. The second-order valence-electron chi connectivity index (χ2n) is 9.26. The van der Waals surface area contributed by atoms with E-state index in [-0.39, 0.29) is 16.9 Å². The summed E-state index contributed by atoms with van der Waals surface area (Å²) in [6.07, 6.45) is 3.55. The molecule has 0 unspecified atom stereocenters. The van der Waals surface area contributed by atoms with E-state index in [0.29, 0.717) is 36.1 Å². The van der Waals surface area contributed by atoms with E-state index in [4.69, 9.17) is 4.74 Å². The van der Waals surface area contributed by atoms with Crippen LogP contribution in [0.1, 0.15) is 42.9 Å². The van der Waals surface area contributed by atoms with Crippen LogP contribution in [0, 0.1) is 30.2 Å². The van der Waals surface area contributed by atoms with Gasteiger partial charge >= 0.3 is 0 Å². The monoisotopic (exact) mass is 506 g/mol. The maximum absolute atomic E-state index is 14.8. The molecule has 4 aromatic carbocycles. The van der Waals surface area contributed by atoms with Gasteiger partial charge in [-0.15, -0.1) is 0 Å². The molecule has 0 aromatic heterocycles. The number of hydrogen-bond acceptors (Lipinski definition) is 1. The van der Waals surface area contributed by atoms with E-state index in [1.54, 1.807) is 48.5 Å². The predicted octanol–water partition coefficient (Wildman–Crippen LogP) is 9.24. The number of unbranched alkanes of at least 4 members (excludes halogenated alkanes) is 2. The first-order valence-corrected chi connectivity index (χ1v) is 12.6. The molecule has 1 nitrogen and oxygen atoms in total. The molecule has 0 aliphatic rings. The average molecular weight is 507 g/mol. The first kappa shape index (κ1) is 26.5. The molecule has 0 radical (unpaired) electrons. The predicted molar refractivity (Wildman–Crippen MR) is 141 cm³/mol. The molecule has 37 heavy (non-hydrogen) atoms. The molecule has 192 valence electrons. The van der Waals surface area contributed by atoms with Crippen molar-refractivity contribution < 1.29 is 22.3 Å². The van der Waals surface area contributed by atoms with Crippen LogP contribution in [0.25, 0.3) is 22.3 Å². The molecule has 4 rings (SSSR count). The summed E-state index contributed by atoms with van der Waals surface area (Å²) in [6, 6.07) is 20.4. The lowest BCUT2D eigenvalue weighted by molar-refractivity contribution is 0.286. The van der Waals surface area contributed by atoms with Crippen LogP contribution >= 0.6 is 0 Å². The molecule has 0 spiro atoms. The zero-order valence-corrected chi connectivity index (χ0v) is 21.1. The smallest absolute Gasteiger partial charge is 0.201 e. The van der Waals surface area contributed by atoms with Crippen molar-refractivity contribution in [3.05, 3.63) is 113 Å². The normalized spacial score (nSPS) is 11.1. The summed E-state index contributed by atoms with van der Waals surface area (Å²) in [4.78, 5) is 0. The van der Waals surface area contributed by atoms with Gasteiger partial charge in [-0.1, -0.05) is 86.0 Å². The first-order chi connectivity index (χ1) is 17.9. The van der Waals surface area contributed by atoms with Gasteiger partial charge < -0.3 is 4.74 Å². The molecule has 4 aromatic rings. The van der Waals surface area contributed by atoms with Crippen molar-refractivity contribution in [1.29, 1.82) is 0 Å². The van der Waals surface area contributed by atoms with Gasteiger partial charge in [0.15, 0.2) is 23.2 Å². The summed E-state index contributed by atoms with van der Waals surface area (Å²) in [6.45, 7) is 4.34. The third kappa shape index (κ3) is 6.22. The van der Waals surface area contributed by atoms with E-state index < -0.39 is 23.3 Å². The van der Waals surface area contributed by atoms with Crippen LogP contribution < -0.4 is 4.74 Å². The quantitative estimate of drug-likeness (QED) is 0.154. The lowest BCUT2D eigenvalue weighted by Gasteiger charge is -2.11. The van der Waals surface area contributed by atoms with E-state index >= 15 is 0 Å². The Balaban J connectivity index is 1.43. The molecule has 0 fully saturated rings. The number of benzene rings is 4. The number of halogens is 4. The Hall–Kier alpha value is -3.60. The minimum atomic E-state index is -0.996. The van der Waals surface area contributed by atoms with Gasteiger partial charge in [-0.05, 0) is 60.6 Å². The standard InChI is InChI=1S/C32H30F4O/c1-3-4-5-20-37-28-19-18-27(31(35)32(28)36)24-13-8-22(9-14-24)10-15-25-16-17-26(30(34)29(25)33)23-11-6-21(2)7-12-23/h6-9,11-14,16-19H,3-5,10,15,20H2,1-2H3. The molecule has 0 atom stereocenters. The third-order valence-electron chi connectivity index (χ3n) is 6.53. The molecule has 5 heteroatoms. The van der Waals surface area contributed by atoms with Gasteiger partial charge in [-0.3, -0.25) is 0 Å². The van der Waals surface area contributed by atoms with Gasteiger partial charge in [0.25, 0.3) is 0 Å². The molecule has 0 N–H and O–H groups in total. The van der Waals surface area contributed by atoms with Gasteiger partial charge in [0, 0.05) is 11.1 Å². The van der Waals surface area contributed by atoms with Crippen molar-refractivity contribution in [3.63, 3.8) is 0 Å². The van der Waals surface area contributed by atoms with Crippen LogP contribution in [0.3, 0.4) is 0 Å². The molecular weight excluding hydrogens is 476 g/mol. The third-order valence-corrected chi connectivity index (χ3v) is 6.53. The van der Waals surface area contributed by atoms with Crippen molar-refractivity contribution in [3.8, 4) is 28.0 Å². The lowest BCUT2D eigenvalue weighted by atomic mass is 9.97. The highest BCUT2D eigenvalue weighted by atomic mass is 19.2. The van der Waals surface area contributed by atoms with Gasteiger partial charge in [0.05, 0.1) is 6.61 Å². The minimum absolute atomic E-state index is 0.0865. The van der Waals surface area contributed by atoms with E-state index in [9.17, 15) is 17.6 Å². The van der Waals surface area contributed by atoms with Gasteiger partial charge in [-0.2, -0.15) is 4.39 Å². The van der Waals surface area contributed by atoms with Crippen LogP contribution in [0.4, 0.5) is 17.6 Å². The Morgan fingerprint density at radius 3 is 1.84 bits per heavy atom. The molecule has 0 saturated carbocycles. The van der Waals surface area contributed by atoms with Crippen LogP contribution in [0.5, 0.6) is 5.75 Å². The summed E-state index contributed by atoms with van der Waals surface area (Å²) in [5.41, 5.74) is 3.75. The Kier molecular flexibility index (Phi) is 8.65. The van der Waals surface area contributed by atoms with Gasteiger partial charge in [0.1, 0.15) is 0 Å². The summed E-state index contributed by atoms with van der Waals surface area (Å²) in [5.74, 6) is -3.73. The van der Waals surface area contributed by atoms with E-state index in [1.165, 1.54) is 12.1 Å². The molecule has 0 aliphatic carbocycles. The summed E-state index contributed by atoms with van der Waals surface area (Å²) < 4.78 is 64.2. The van der Waals surface area contributed by atoms with Crippen molar-refractivity contribution in [2.45, 2.75) is 46.0 Å². The van der Waals surface area contributed by atoms with Gasteiger partial charge in [0.2, 0.25) is 5.82 Å². The Bertz CT molecular complexity index is 1350. The number of rotatable bonds is 10. The molecule has 0 aliphatic heterocycles. The summed E-state index contributed by atoms with van der Waals surface area (Å²) >= 11 is 0. The highest BCUT2D eigenvalue weighted by Gasteiger charge is 2.17. The first-order valence-electron chi connectivity index (χ1n) is 12.6. The van der Waals surface area contributed by atoms with Gasteiger partial charge in [-0.25, -0.2) is 13.2 Å². The molecule has 0 bridgehead atoms. The second-order valence-corrected chi connectivity index (χ2v) is 9.26. The fourth-order valence-electron chi connectivity index (χ4n) is 4.27. The SMILES string of the molecule is CCCCCOc1ccc(-c2ccc(CCc3ccc(-c4ccc(C)cc4)c(F)c3F)cc2)c(F)c1F. The maximum Gasteiger partial charge on any atom is 0.201 e.